The summed E-state index contributed by atoms with van der Waals surface area (Å²) in [4.78, 5) is 0. The maximum absolute atomic E-state index is 3.57. The first kappa shape index (κ1) is 8.10. The zero-order valence-electron chi connectivity index (χ0n) is 7.35. The SMILES string of the molecule is CC(C)C1[C]CCCC1C. The predicted molar refractivity (Wildman–Crippen MR) is 44.6 cm³/mol. The Morgan fingerprint density at radius 2 is 2.10 bits per heavy atom. The standard InChI is InChI=1S/C10H18/c1-8(2)10-7-5-4-6-9(10)3/h8-10H,4-6H2,1-3H3. The molecule has 0 aromatic carbocycles. The molecule has 58 valence electrons. The summed E-state index contributed by atoms with van der Waals surface area (Å²) in [7, 11) is 0. The highest BCUT2D eigenvalue weighted by Crippen LogP contribution is 2.33. The van der Waals surface area contributed by atoms with Crippen LogP contribution >= 0.6 is 0 Å². The van der Waals surface area contributed by atoms with Crippen molar-refractivity contribution in [3.8, 4) is 0 Å². The van der Waals surface area contributed by atoms with E-state index in [4.69, 9.17) is 0 Å². The van der Waals surface area contributed by atoms with Crippen molar-refractivity contribution >= 4 is 0 Å². The highest BCUT2D eigenvalue weighted by Gasteiger charge is 2.23. The van der Waals surface area contributed by atoms with Crippen molar-refractivity contribution in [3.63, 3.8) is 0 Å². The Morgan fingerprint density at radius 1 is 1.40 bits per heavy atom. The lowest BCUT2D eigenvalue weighted by molar-refractivity contribution is 0.254. The van der Waals surface area contributed by atoms with Crippen LogP contribution in [0.25, 0.3) is 0 Å². The van der Waals surface area contributed by atoms with Crippen LogP contribution in [0.3, 0.4) is 0 Å². The second-order valence-electron chi connectivity index (χ2n) is 3.84. The van der Waals surface area contributed by atoms with Gasteiger partial charge in [0.15, 0.2) is 0 Å². The van der Waals surface area contributed by atoms with Gasteiger partial charge in [-0.25, -0.2) is 0 Å². The van der Waals surface area contributed by atoms with Crippen molar-refractivity contribution < 1.29 is 0 Å². The summed E-state index contributed by atoms with van der Waals surface area (Å²) in [6, 6.07) is 0. The summed E-state index contributed by atoms with van der Waals surface area (Å²) >= 11 is 0. The molecule has 0 N–H and O–H groups in total. The molecule has 0 heteroatoms. The molecule has 0 saturated heterocycles. The molecule has 0 spiro atoms. The van der Waals surface area contributed by atoms with Crippen molar-refractivity contribution in [1.29, 1.82) is 0 Å². The number of hydrogen-bond donors (Lipinski definition) is 0. The summed E-state index contributed by atoms with van der Waals surface area (Å²) in [5, 5.41) is 0. The summed E-state index contributed by atoms with van der Waals surface area (Å²) in [6.07, 6.45) is 7.58. The molecule has 0 aromatic heterocycles. The average molecular weight is 138 g/mol. The van der Waals surface area contributed by atoms with Crippen LogP contribution in [0.1, 0.15) is 40.0 Å². The third-order valence-corrected chi connectivity index (χ3v) is 2.55. The Bertz CT molecular complexity index is 94.2. The highest BCUT2D eigenvalue weighted by atomic mass is 14.3. The zero-order chi connectivity index (χ0) is 7.56. The van der Waals surface area contributed by atoms with E-state index in [9.17, 15) is 0 Å². The van der Waals surface area contributed by atoms with E-state index >= 15 is 0 Å². The summed E-state index contributed by atoms with van der Waals surface area (Å²) in [5.74, 6) is 2.46. The fourth-order valence-electron chi connectivity index (χ4n) is 1.97. The average Bonchev–Trinajstić information content (AvgIpc) is 1.88. The third kappa shape index (κ3) is 1.74. The van der Waals surface area contributed by atoms with E-state index in [0.29, 0.717) is 0 Å². The summed E-state index contributed by atoms with van der Waals surface area (Å²) in [6.45, 7) is 6.97. The molecule has 1 rings (SSSR count). The highest BCUT2D eigenvalue weighted by molar-refractivity contribution is 4.86. The maximum atomic E-state index is 3.57. The molecule has 1 aliphatic carbocycles. The van der Waals surface area contributed by atoms with Gasteiger partial charge in [0.25, 0.3) is 0 Å². The molecule has 0 aromatic rings. The Hall–Kier alpha value is 0. The second-order valence-corrected chi connectivity index (χ2v) is 3.84. The molecule has 0 amide bonds. The van der Waals surface area contributed by atoms with Crippen LogP contribution in [0.4, 0.5) is 0 Å². The van der Waals surface area contributed by atoms with E-state index in [1.165, 1.54) is 19.3 Å². The van der Waals surface area contributed by atoms with Gasteiger partial charge in [0, 0.05) is 0 Å². The molecule has 1 fully saturated rings. The predicted octanol–water partition coefficient (Wildman–Crippen LogP) is 3.16. The molecular weight excluding hydrogens is 120 g/mol. The third-order valence-electron chi connectivity index (χ3n) is 2.55. The molecule has 2 atom stereocenters. The van der Waals surface area contributed by atoms with E-state index < -0.39 is 0 Å². The van der Waals surface area contributed by atoms with Gasteiger partial charge in [-0.2, -0.15) is 0 Å². The Morgan fingerprint density at radius 3 is 2.50 bits per heavy atom. The first-order valence-electron chi connectivity index (χ1n) is 4.45. The lowest BCUT2D eigenvalue weighted by Gasteiger charge is -2.31. The van der Waals surface area contributed by atoms with Crippen molar-refractivity contribution in [3.05, 3.63) is 6.42 Å². The smallest absolute Gasteiger partial charge is 0.0134 e. The number of rotatable bonds is 1. The molecule has 2 radical (unpaired) electrons. The second kappa shape index (κ2) is 3.41. The minimum Gasteiger partial charge on any atom is -0.0625 e. The fraction of sp³-hybridized carbons (Fsp3) is 0.900. The first-order chi connectivity index (χ1) is 4.72. The largest absolute Gasteiger partial charge is 0.0625 e. The van der Waals surface area contributed by atoms with Crippen molar-refractivity contribution in [2.75, 3.05) is 0 Å². The van der Waals surface area contributed by atoms with Gasteiger partial charge in [0.05, 0.1) is 0 Å². The first-order valence-corrected chi connectivity index (χ1v) is 4.45. The van der Waals surface area contributed by atoms with Gasteiger partial charge in [0.2, 0.25) is 0 Å². The van der Waals surface area contributed by atoms with Crippen LogP contribution in [0.2, 0.25) is 0 Å². The topological polar surface area (TPSA) is 0 Å². The van der Waals surface area contributed by atoms with E-state index in [2.05, 4.69) is 27.2 Å². The van der Waals surface area contributed by atoms with Gasteiger partial charge < -0.3 is 0 Å². The lowest BCUT2D eigenvalue weighted by atomic mass is 9.75. The minimum atomic E-state index is 0.772. The van der Waals surface area contributed by atoms with Crippen LogP contribution in [0.5, 0.6) is 0 Å². The van der Waals surface area contributed by atoms with E-state index in [0.717, 1.165) is 17.8 Å². The molecule has 2 unspecified atom stereocenters. The summed E-state index contributed by atoms with van der Waals surface area (Å²) < 4.78 is 0. The molecule has 1 saturated carbocycles. The van der Waals surface area contributed by atoms with Gasteiger partial charge in [-0.15, -0.1) is 0 Å². The van der Waals surface area contributed by atoms with Crippen LogP contribution in [0, 0.1) is 24.2 Å². The Kier molecular flexibility index (Phi) is 2.76. The van der Waals surface area contributed by atoms with E-state index in [1.807, 2.05) is 0 Å². The van der Waals surface area contributed by atoms with Gasteiger partial charge in [0.1, 0.15) is 0 Å². The quantitative estimate of drug-likeness (QED) is 0.522. The van der Waals surface area contributed by atoms with Crippen molar-refractivity contribution in [1.82, 2.24) is 0 Å². The molecule has 1 aliphatic rings. The minimum absolute atomic E-state index is 0.772. The molecule has 0 heterocycles. The van der Waals surface area contributed by atoms with Gasteiger partial charge in [-0.05, 0) is 30.6 Å². The van der Waals surface area contributed by atoms with Gasteiger partial charge >= 0.3 is 0 Å². The van der Waals surface area contributed by atoms with Crippen molar-refractivity contribution in [2.45, 2.75) is 40.0 Å². The van der Waals surface area contributed by atoms with Gasteiger partial charge in [-0.1, -0.05) is 33.6 Å². The molecule has 10 heavy (non-hydrogen) atoms. The van der Waals surface area contributed by atoms with Crippen LogP contribution < -0.4 is 0 Å². The maximum Gasteiger partial charge on any atom is -0.0134 e. The molecular formula is C10H18. The van der Waals surface area contributed by atoms with E-state index in [1.54, 1.807) is 0 Å². The van der Waals surface area contributed by atoms with Crippen molar-refractivity contribution in [2.24, 2.45) is 17.8 Å². The van der Waals surface area contributed by atoms with Crippen LogP contribution in [0.15, 0.2) is 0 Å². The molecule has 0 aliphatic heterocycles. The number of hydrogen-bond acceptors (Lipinski definition) is 0. The molecule has 0 bridgehead atoms. The zero-order valence-corrected chi connectivity index (χ0v) is 7.35. The Balaban J connectivity index is 2.40. The van der Waals surface area contributed by atoms with Gasteiger partial charge in [-0.3, -0.25) is 0 Å². The Labute approximate surface area is 65.0 Å². The fourth-order valence-corrected chi connectivity index (χ4v) is 1.97. The summed E-state index contributed by atoms with van der Waals surface area (Å²) in [5.41, 5.74) is 0. The molecule has 0 nitrogen and oxygen atoms in total. The normalized spacial score (nSPS) is 34.8. The monoisotopic (exact) mass is 138 g/mol. The van der Waals surface area contributed by atoms with E-state index in [-0.39, 0.29) is 0 Å². The lowest BCUT2D eigenvalue weighted by Crippen LogP contribution is -2.22. The van der Waals surface area contributed by atoms with Crippen LogP contribution in [-0.2, 0) is 0 Å². The van der Waals surface area contributed by atoms with Crippen LogP contribution in [-0.4, -0.2) is 0 Å².